The summed E-state index contributed by atoms with van der Waals surface area (Å²) in [7, 11) is 0. The molecule has 114 valence electrons. The Morgan fingerprint density at radius 3 is 2.62 bits per heavy atom. The molecule has 2 aromatic heterocycles. The lowest BCUT2D eigenvalue weighted by atomic mass is 10.1. The summed E-state index contributed by atoms with van der Waals surface area (Å²) >= 11 is 1.88. The average molecular weight is 303 g/mol. The summed E-state index contributed by atoms with van der Waals surface area (Å²) in [6, 6.07) is 3.23. The number of aryl methyl sites for hydroxylation is 3. The van der Waals surface area contributed by atoms with Gasteiger partial charge in [-0.1, -0.05) is 12.8 Å². The first-order valence-corrected chi connectivity index (χ1v) is 8.75. The molecule has 1 unspecified atom stereocenters. The predicted octanol–water partition coefficient (Wildman–Crippen LogP) is 5.16. The number of imidazole rings is 1. The maximum absolute atomic E-state index is 4.71. The molecule has 1 N–H and O–H groups in total. The number of hydrogen-bond donors (Lipinski definition) is 1. The molecule has 1 fully saturated rings. The van der Waals surface area contributed by atoms with Crippen molar-refractivity contribution in [3.63, 3.8) is 0 Å². The third-order valence-corrected chi connectivity index (χ3v) is 5.44. The van der Waals surface area contributed by atoms with Crippen molar-refractivity contribution in [1.29, 1.82) is 0 Å². The minimum Gasteiger partial charge on any atom is -0.349 e. The highest BCUT2D eigenvalue weighted by molar-refractivity contribution is 7.12. The van der Waals surface area contributed by atoms with Crippen LogP contribution in [-0.2, 0) is 0 Å². The summed E-state index contributed by atoms with van der Waals surface area (Å²) in [5.41, 5.74) is 2.51. The van der Waals surface area contributed by atoms with Gasteiger partial charge in [-0.15, -0.1) is 11.3 Å². The molecule has 4 heteroatoms. The van der Waals surface area contributed by atoms with Crippen molar-refractivity contribution in [1.82, 2.24) is 9.55 Å². The van der Waals surface area contributed by atoms with Crippen LogP contribution in [0.5, 0.6) is 0 Å². The fourth-order valence-electron chi connectivity index (χ4n) is 3.44. The van der Waals surface area contributed by atoms with Gasteiger partial charge in [0, 0.05) is 22.0 Å². The summed E-state index contributed by atoms with van der Waals surface area (Å²) in [6.45, 7) is 8.70. The second kappa shape index (κ2) is 5.84. The van der Waals surface area contributed by atoms with Crippen LogP contribution in [0.25, 0.3) is 0 Å². The van der Waals surface area contributed by atoms with Crippen LogP contribution in [0.15, 0.2) is 12.3 Å². The maximum Gasteiger partial charge on any atom is 0.203 e. The highest BCUT2D eigenvalue weighted by atomic mass is 32.1. The summed E-state index contributed by atoms with van der Waals surface area (Å²) in [5.74, 6) is 1.04. The van der Waals surface area contributed by atoms with Crippen molar-refractivity contribution >= 4 is 17.3 Å². The van der Waals surface area contributed by atoms with Crippen LogP contribution in [0.1, 0.15) is 65.7 Å². The number of rotatable bonds is 4. The Balaban J connectivity index is 1.82. The van der Waals surface area contributed by atoms with Crippen molar-refractivity contribution in [2.24, 2.45) is 0 Å². The van der Waals surface area contributed by atoms with Gasteiger partial charge in [-0.3, -0.25) is 0 Å². The molecular formula is C17H25N3S. The number of aromatic nitrogens is 2. The van der Waals surface area contributed by atoms with Crippen LogP contribution >= 0.6 is 11.3 Å². The zero-order chi connectivity index (χ0) is 15.0. The van der Waals surface area contributed by atoms with E-state index in [1.807, 2.05) is 11.3 Å². The number of nitrogens with one attached hydrogen (secondary N) is 1. The summed E-state index contributed by atoms with van der Waals surface area (Å²) in [6.07, 6.45) is 7.47. The first kappa shape index (κ1) is 14.6. The van der Waals surface area contributed by atoms with Gasteiger partial charge in [-0.25, -0.2) is 4.98 Å². The van der Waals surface area contributed by atoms with Crippen molar-refractivity contribution < 1.29 is 0 Å². The molecule has 1 atom stereocenters. The molecule has 0 saturated heterocycles. The van der Waals surface area contributed by atoms with E-state index in [0.717, 1.165) is 11.6 Å². The van der Waals surface area contributed by atoms with E-state index in [-0.39, 0.29) is 0 Å². The summed E-state index contributed by atoms with van der Waals surface area (Å²) in [4.78, 5) is 7.50. The summed E-state index contributed by atoms with van der Waals surface area (Å²) < 4.78 is 2.37. The minimum absolute atomic E-state index is 0.303. The van der Waals surface area contributed by atoms with Gasteiger partial charge in [0.05, 0.1) is 11.7 Å². The van der Waals surface area contributed by atoms with Crippen LogP contribution in [0.3, 0.4) is 0 Å². The van der Waals surface area contributed by atoms with Crippen LogP contribution in [0.2, 0.25) is 0 Å². The Kier molecular flexibility index (Phi) is 4.07. The van der Waals surface area contributed by atoms with Crippen LogP contribution in [0.4, 0.5) is 5.95 Å². The van der Waals surface area contributed by atoms with E-state index in [2.05, 4.69) is 49.8 Å². The van der Waals surface area contributed by atoms with E-state index in [4.69, 9.17) is 4.98 Å². The van der Waals surface area contributed by atoms with Crippen LogP contribution < -0.4 is 5.32 Å². The molecule has 0 aromatic carbocycles. The van der Waals surface area contributed by atoms with Crippen LogP contribution in [-0.4, -0.2) is 9.55 Å². The Labute approximate surface area is 131 Å². The largest absolute Gasteiger partial charge is 0.349 e. The molecular weight excluding hydrogens is 278 g/mol. The highest BCUT2D eigenvalue weighted by Crippen LogP contribution is 2.34. The van der Waals surface area contributed by atoms with E-state index in [0.29, 0.717) is 12.1 Å². The van der Waals surface area contributed by atoms with Gasteiger partial charge >= 0.3 is 0 Å². The first-order valence-electron chi connectivity index (χ1n) is 7.93. The van der Waals surface area contributed by atoms with Gasteiger partial charge in [0.1, 0.15) is 0 Å². The van der Waals surface area contributed by atoms with Gasteiger partial charge in [0.2, 0.25) is 5.95 Å². The molecule has 0 amide bonds. The van der Waals surface area contributed by atoms with Crippen LogP contribution in [0, 0.1) is 20.8 Å². The van der Waals surface area contributed by atoms with Gasteiger partial charge in [-0.05, 0) is 52.2 Å². The van der Waals surface area contributed by atoms with Gasteiger partial charge in [0.15, 0.2) is 0 Å². The molecule has 3 nitrogen and oxygen atoms in total. The molecule has 2 heterocycles. The molecule has 1 aliphatic carbocycles. The van der Waals surface area contributed by atoms with Crippen molar-refractivity contribution in [3.05, 3.63) is 33.3 Å². The molecule has 2 aromatic rings. The van der Waals surface area contributed by atoms with Crippen molar-refractivity contribution in [2.75, 3.05) is 5.32 Å². The SMILES string of the molecule is Cc1cn(C2CCCC2)c(NC(C)c2cc(C)sc2C)n1. The smallest absolute Gasteiger partial charge is 0.203 e. The zero-order valence-electron chi connectivity index (χ0n) is 13.4. The number of hydrogen-bond acceptors (Lipinski definition) is 3. The molecule has 1 saturated carbocycles. The lowest BCUT2D eigenvalue weighted by Gasteiger charge is -2.19. The van der Waals surface area contributed by atoms with Gasteiger partial charge in [-0.2, -0.15) is 0 Å². The monoisotopic (exact) mass is 303 g/mol. The number of nitrogens with zero attached hydrogens (tertiary/aromatic N) is 2. The van der Waals surface area contributed by atoms with E-state index < -0.39 is 0 Å². The molecule has 1 aliphatic rings. The minimum atomic E-state index is 0.303. The number of anilines is 1. The standard InChI is InChI=1S/C17H25N3S/c1-11-10-20(15-7-5-6-8-15)17(18-11)19-13(3)16-9-12(2)21-14(16)4/h9-10,13,15H,5-8H2,1-4H3,(H,18,19). The third kappa shape index (κ3) is 3.00. The Morgan fingerprint density at radius 2 is 2.00 bits per heavy atom. The second-order valence-electron chi connectivity index (χ2n) is 6.29. The molecule has 0 spiro atoms. The Hall–Kier alpha value is -1.29. The molecule has 0 radical (unpaired) electrons. The molecule has 0 aliphatic heterocycles. The first-order chi connectivity index (χ1) is 10.0. The normalized spacial score (nSPS) is 17.3. The van der Waals surface area contributed by atoms with E-state index in [9.17, 15) is 0 Å². The predicted molar refractivity (Wildman–Crippen MR) is 90.3 cm³/mol. The zero-order valence-corrected chi connectivity index (χ0v) is 14.3. The van der Waals surface area contributed by atoms with Gasteiger partial charge in [0.25, 0.3) is 0 Å². The topological polar surface area (TPSA) is 29.9 Å². The molecule has 21 heavy (non-hydrogen) atoms. The van der Waals surface area contributed by atoms with E-state index in [1.54, 1.807) is 0 Å². The fraction of sp³-hybridized carbons (Fsp3) is 0.588. The number of thiophene rings is 1. The Morgan fingerprint density at radius 1 is 1.29 bits per heavy atom. The van der Waals surface area contributed by atoms with Crippen molar-refractivity contribution in [3.8, 4) is 0 Å². The van der Waals surface area contributed by atoms with Gasteiger partial charge < -0.3 is 9.88 Å². The fourth-order valence-corrected chi connectivity index (χ4v) is 4.46. The van der Waals surface area contributed by atoms with Crippen molar-refractivity contribution in [2.45, 2.75) is 65.5 Å². The molecule has 3 rings (SSSR count). The average Bonchev–Trinajstić information content (AvgIpc) is 3.10. The Bertz CT molecular complexity index is 620. The lowest BCUT2D eigenvalue weighted by Crippen LogP contribution is -2.14. The third-order valence-electron chi connectivity index (χ3n) is 4.46. The van der Waals surface area contributed by atoms with E-state index in [1.165, 1.54) is 41.0 Å². The highest BCUT2D eigenvalue weighted by Gasteiger charge is 2.21. The van der Waals surface area contributed by atoms with E-state index >= 15 is 0 Å². The summed E-state index contributed by atoms with van der Waals surface area (Å²) in [5, 5.41) is 3.64. The quantitative estimate of drug-likeness (QED) is 0.845. The lowest BCUT2D eigenvalue weighted by molar-refractivity contribution is 0.520. The maximum atomic E-state index is 4.71. The molecule has 0 bridgehead atoms. The second-order valence-corrected chi connectivity index (χ2v) is 7.75.